The van der Waals surface area contributed by atoms with Crippen LogP contribution in [0, 0.1) is 6.92 Å². The number of anilines is 1. The molecule has 1 aliphatic heterocycles. The number of aromatic nitrogens is 4. The number of nitrogens with zero attached hydrogens (tertiary/aromatic N) is 5. The number of rotatable bonds is 9. The van der Waals surface area contributed by atoms with Crippen LogP contribution in [-0.2, 0) is 23.0 Å². The third-order valence-electron chi connectivity index (χ3n) is 6.76. The summed E-state index contributed by atoms with van der Waals surface area (Å²) >= 11 is 0. The molecule has 5 rings (SSSR count). The molecule has 1 fully saturated rings. The molecule has 4 aromatic rings. The maximum atomic E-state index is 10.3. The van der Waals surface area contributed by atoms with Crippen molar-refractivity contribution in [2.45, 2.75) is 32.7 Å². The highest BCUT2D eigenvalue weighted by atomic mass is 16.5. The van der Waals surface area contributed by atoms with Gasteiger partial charge in [-0.2, -0.15) is 10.2 Å². The average Bonchev–Trinajstić information content (AvgIpc) is 3.72. The van der Waals surface area contributed by atoms with Crippen LogP contribution in [0.4, 0.5) is 5.82 Å². The second-order valence-corrected chi connectivity index (χ2v) is 9.61. The van der Waals surface area contributed by atoms with Gasteiger partial charge in [0.2, 0.25) is 6.41 Å². The summed E-state index contributed by atoms with van der Waals surface area (Å²) in [5.41, 5.74) is 5.51. The van der Waals surface area contributed by atoms with Crippen molar-refractivity contribution in [1.82, 2.24) is 29.8 Å². The van der Waals surface area contributed by atoms with Crippen LogP contribution in [-0.4, -0.2) is 77.3 Å². The van der Waals surface area contributed by atoms with Gasteiger partial charge in [-0.25, -0.2) is 4.68 Å². The molecule has 2 N–H and O–H groups in total. The lowest BCUT2D eigenvalue weighted by molar-refractivity contribution is -0.110. The molecule has 1 saturated heterocycles. The first-order chi connectivity index (χ1) is 19.5. The molecule has 0 saturated carbocycles. The molecule has 0 bridgehead atoms. The van der Waals surface area contributed by atoms with Crippen molar-refractivity contribution in [3.8, 4) is 16.9 Å². The molecule has 0 radical (unpaired) electrons. The first-order valence-corrected chi connectivity index (χ1v) is 13.8. The van der Waals surface area contributed by atoms with E-state index in [1.165, 1.54) is 5.56 Å². The molecule has 40 heavy (non-hydrogen) atoms. The molecule has 1 unspecified atom stereocenters. The Hall–Kier alpha value is -3.95. The van der Waals surface area contributed by atoms with E-state index in [9.17, 15) is 4.79 Å². The molecule has 214 valence electrons. The van der Waals surface area contributed by atoms with E-state index in [0.717, 1.165) is 73.8 Å². The average molecular weight is 546 g/mol. The molecule has 0 aliphatic carbocycles. The van der Waals surface area contributed by atoms with Crippen LogP contribution in [0.15, 0.2) is 73.1 Å². The van der Waals surface area contributed by atoms with Crippen LogP contribution in [0.2, 0.25) is 0 Å². The summed E-state index contributed by atoms with van der Waals surface area (Å²) in [4.78, 5) is 12.7. The third-order valence-corrected chi connectivity index (χ3v) is 6.76. The number of amides is 1. The van der Waals surface area contributed by atoms with Crippen LogP contribution >= 0.6 is 0 Å². The molecule has 2 aromatic heterocycles. The Bertz CT molecular complexity index is 1270. The van der Waals surface area contributed by atoms with Gasteiger partial charge in [-0.15, -0.1) is 0 Å². The van der Waals surface area contributed by atoms with Gasteiger partial charge in [0.15, 0.2) is 0 Å². The topological polar surface area (TPSA) is 89.2 Å². The van der Waals surface area contributed by atoms with Crippen molar-refractivity contribution in [3.05, 3.63) is 84.2 Å². The number of likely N-dealkylation sites (tertiary alicyclic amines) is 1. The summed E-state index contributed by atoms with van der Waals surface area (Å²) in [6.07, 6.45) is 6.79. The smallest absolute Gasteiger partial charge is 0.207 e. The number of hydrogen-bond acceptors (Lipinski definition) is 6. The maximum Gasteiger partial charge on any atom is 0.207 e. The van der Waals surface area contributed by atoms with Gasteiger partial charge in [-0.3, -0.25) is 9.48 Å². The molecule has 0 spiro atoms. The van der Waals surface area contributed by atoms with E-state index >= 15 is 0 Å². The van der Waals surface area contributed by atoms with Crippen molar-refractivity contribution in [3.63, 3.8) is 0 Å². The zero-order chi connectivity index (χ0) is 28.7. The zero-order valence-electron chi connectivity index (χ0n) is 24.4. The number of para-hydroxylation sites is 1. The standard InChI is InChI=1S/C15H17N5.C13H18N2O.C3H8O/c1-11-14(12-9-17-19(3)10-12)18-20(15(11)16-2)13-7-5-4-6-8-13;16-11-14-13-7-9-15(10-13)8-6-12-4-2-1-3-5-12;1-3-4-2/h4-10,16H,1-3H3;1-5,11,13H,6-10H2,(H,14,16);3H2,1-2H3. The highest BCUT2D eigenvalue weighted by Crippen LogP contribution is 2.29. The summed E-state index contributed by atoms with van der Waals surface area (Å²) < 4.78 is 8.26. The summed E-state index contributed by atoms with van der Waals surface area (Å²) in [6, 6.07) is 21.0. The third kappa shape index (κ3) is 8.79. The van der Waals surface area contributed by atoms with E-state index < -0.39 is 0 Å². The van der Waals surface area contributed by atoms with Gasteiger partial charge in [-0.1, -0.05) is 48.5 Å². The lowest BCUT2D eigenvalue weighted by atomic mass is 10.1. The maximum absolute atomic E-state index is 10.3. The lowest BCUT2D eigenvalue weighted by Gasteiger charge is -2.15. The molecule has 9 heteroatoms. The minimum Gasteiger partial charge on any atom is -0.385 e. The fourth-order valence-corrected chi connectivity index (χ4v) is 4.56. The van der Waals surface area contributed by atoms with Crippen LogP contribution in [0.5, 0.6) is 0 Å². The van der Waals surface area contributed by atoms with E-state index in [1.807, 2.05) is 74.5 Å². The Morgan fingerprint density at radius 2 is 1.77 bits per heavy atom. The Kier molecular flexibility index (Phi) is 12.4. The predicted molar refractivity (Wildman–Crippen MR) is 162 cm³/mol. The predicted octanol–water partition coefficient (Wildman–Crippen LogP) is 4.33. The lowest BCUT2D eigenvalue weighted by Crippen LogP contribution is -2.32. The van der Waals surface area contributed by atoms with E-state index in [-0.39, 0.29) is 0 Å². The number of ether oxygens (including phenoxy) is 1. The highest BCUT2D eigenvalue weighted by molar-refractivity contribution is 5.69. The summed E-state index contributed by atoms with van der Waals surface area (Å²) in [5, 5.41) is 15.0. The second-order valence-electron chi connectivity index (χ2n) is 9.61. The van der Waals surface area contributed by atoms with Crippen LogP contribution in [0.25, 0.3) is 16.9 Å². The fraction of sp³-hybridized carbons (Fsp3) is 0.387. The van der Waals surface area contributed by atoms with Crippen molar-refractivity contribution in [2.75, 3.05) is 45.7 Å². The molecule has 2 aromatic carbocycles. The SMILES string of the molecule is CCOC.CNc1c(C)c(-c2cnn(C)c2)nn1-c1ccccc1.O=CNC1CCN(CCc2ccccc2)C1. The van der Waals surface area contributed by atoms with Gasteiger partial charge < -0.3 is 20.3 Å². The van der Waals surface area contributed by atoms with Gasteiger partial charge in [0.25, 0.3) is 0 Å². The summed E-state index contributed by atoms with van der Waals surface area (Å²) in [5.74, 6) is 0.995. The Morgan fingerprint density at radius 3 is 2.35 bits per heavy atom. The molecular weight excluding hydrogens is 502 g/mol. The second kappa shape index (κ2) is 16.2. The normalized spacial score (nSPS) is 14.5. The molecular formula is C31H43N7O2. The number of carbonyl (C=O) groups excluding carboxylic acids is 1. The van der Waals surface area contributed by atoms with Gasteiger partial charge in [-0.05, 0) is 44.4 Å². The van der Waals surface area contributed by atoms with E-state index in [1.54, 1.807) is 11.8 Å². The number of carbonyl (C=O) groups is 1. The molecule has 1 atom stereocenters. The van der Waals surface area contributed by atoms with E-state index in [0.29, 0.717) is 6.04 Å². The summed E-state index contributed by atoms with van der Waals surface area (Å²) in [7, 11) is 5.50. The quantitative estimate of drug-likeness (QED) is 0.305. The van der Waals surface area contributed by atoms with Crippen LogP contribution < -0.4 is 10.6 Å². The van der Waals surface area contributed by atoms with Crippen molar-refractivity contribution >= 4 is 12.2 Å². The van der Waals surface area contributed by atoms with E-state index in [4.69, 9.17) is 5.10 Å². The molecule has 1 amide bonds. The van der Waals surface area contributed by atoms with Gasteiger partial charge in [0.1, 0.15) is 11.5 Å². The first-order valence-electron chi connectivity index (χ1n) is 13.8. The molecule has 9 nitrogen and oxygen atoms in total. The highest BCUT2D eigenvalue weighted by Gasteiger charge is 2.21. The fourth-order valence-electron chi connectivity index (χ4n) is 4.56. The number of benzene rings is 2. The molecule has 1 aliphatic rings. The number of nitrogens with one attached hydrogen (secondary N) is 2. The number of aryl methyl sites for hydroxylation is 1. The van der Waals surface area contributed by atoms with Crippen LogP contribution in [0.1, 0.15) is 24.5 Å². The van der Waals surface area contributed by atoms with Gasteiger partial charge in [0.05, 0.1) is 11.9 Å². The number of hydrogen-bond donors (Lipinski definition) is 2. The van der Waals surface area contributed by atoms with Crippen LogP contribution in [0.3, 0.4) is 0 Å². The van der Waals surface area contributed by atoms with E-state index in [2.05, 4.69) is 56.6 Å². The first kappa shape index (κ1) is 30.6. The summed E-state index contributed by atoms with van der Waals surface area (Å²) in [6.45, 7) is 8.02. The Balaban J connectivity index is 0.000000199. The monoisotopic (exact) mass is 545 g/mol. The van der Waals surface area contributed by atoms with Crippen molar-refractivity contribution in [2.24, 2.45) is 7.05 Å². The number of methoxy groups -OCH3 is 1. The van der Waals surface area contributed by atoms with Gasteiger partial charge in [0, 0.05) is 70.8 Å². The Labute approximate surface area is 238 Å². The molecule has 3 heterocycles. The Morgan fingerprint density at radius 1 is 1.10 bits per heavy atom. The minimum absolute atomic E-state index is 0.355. The van der Waals surface area contributed by atoms with Gasteiger partial charge >= 0.3 is 0 Å². The van der Waals surface area contributed by atoms with Crippen molar-refractivity contribution in [1.29, 1.82) is 0 Å². The zero-order valence-corrected chi connectivity index (χ0v) is 24.4. The van der Waals surface area contributed by atoms with Crippen molar-refractivity contribution < 1.29 is 9.53 Å². The minimum atomic E-state index is 0.355. The largest absolute Gasteiger partial charge is 0.385 e.